The van der Waals surface area contributed by atoms with Crippen molar-refractivity contribution in [2.45, 2.75) is 0 Å². The molecule has 0 radical (unpaired) electrons. The molecule has 0 aliphatic heterocycles. The Labute approximate surface area is 291 Å². The summed E-state index contributed by atoms with van der Waals surface area (Å²) in [5, 5.41) is 2.17. The zero-order valence-corrected chi connectivity index (χ0v) is 27.3. The molecule has 0 fully saturated rings. The molecule has 3 nitrogen and oxygen atoms in total. The van der Waals surface area contributed by atoms with Crippen molar-refractivity contribution < 1.29 is 4.42 Å². The van der Waals surface area contributed by atoms with Gasteiger partial charge in [0.25, 0.3) is 0 Å². The van der Waals surface area contributed by atoms with Gasteiger partial charge in [0.2, 0.25) is 5.89 Å². The van der Waals surface area contributed by atoms with Gasteiger partial charge in [-0.25, -0.2) is 4.98 Å². The quantitative estimate of drug-likeness (QED) is 0.174. The van der Waals surface area contributed by atoms with Crippen LogP contribution in [0.4, 0.5) is 17.1 Å². The molecular weight excluding hydrogens is 609 g/mol. The first kappa shape index (κ1) is 29.4. The lowest BCUT2D eigenvalue weighted by Crippen LogP contribution is -2.10. The van der Waals surface area contributed by atoms with E-state index in [0.717, 1.165) is 55.6 Å². The summed E-state index contributed by atoms with van der Waals surface area (Å²) in [6, 6.07) is 68.3. The summed E-state index contributed by atoms with van der Waals surface area (Å²) < 4.78 is 6.29. The number of oxazole rings is 1. The van der Waals surface area contributed by atoms with E-state index in [2.05, 4.69) is 163 Å². The highest BCUT2D eigenvalue weighted by atomic mass is 16.3. The Kier molecular flexibility index (Phi) is 7.49. The van der Waals surface area contributed by atoms with E-state index in [1.165, 1.54) is 22.3 Å². The smallest absolute Gasteiger partial charge is 0.227 e. The van der Waals surface area contributed by atoms with Crippen LogP contribution in [0.15, 0.2) is 199 Å². The Morgan fingerprint density at radius 1 is 0.360 bits per heavy atom. The van der Waals surface area contributed by atoms with Crippen LogP contribution in [0.3, 0.4) is 0 Å². The molecule has 0 amide bonds. The minimum absolute atomic E-state index is 0.640. The van der Waals surface area contributed by atoms with Crippen molar-refractivity contribution in [3.05, 3.63) is 194 Å². The van der Waals surface area contributed by atoms with Crippen LogP contribution in [0.25, 0.3) is 66.7 Å². The van der Waals surface area contributed by atoms with E-state index in [1.54, 1.807) is 0 Å². The number of rotatable bonds is 7. The van der Waals surface area contributed by atoms with E-state index >= 15 is 0 Å². The lowest BCUT2D eigenvalue weighted by atomic mass is 10.00. The Bertz CT molecular complexity index is 2560. The van der Waals surface area contributed by atoms with Gasteiger partial charge in [0.05, 0.1) is 0 Å². The number of fused-ring (bicyclic) bond motifs is 3. The molecule has 9 rings (SSSR count). The summed E-state index contributed by atoms with van der Waals surface area (Å²) in [5.41, 5.74) is 13.0. The summed E-state index contributed by atoms with van der Waals surface area (Å²) in [4.78, 5) is 7.09. The molecule has 0 unspecified atom stereocenters. The van der Waals surface area contributed by atoms with Crippen molar-refractivity contribution in [2.24, 2.45) is 0 Å². The first-order valence-corrected chi connectivity index (χ1v) is 16.9. The zero-order valence-electron chi connectivity index (χ0n) is 27.3. The number of aromatic nitrogens is 1. The number of anilines is 3. The number of hydrogen-bond donors (Lipinski definition) is 0. The second kappa shape index (κ2) is 12.7. The van der Waals surface area contributed by atoms with Crippen LogP contribution in [0, 0.1) is 0 Å². The normalized spacial score (nSPS) is 11.2. The van der Waals surface area contributed by atoms with Crippen molar-refractivity contribution in [3.8, 4) is 44.8 Å². The largest absolute Gasteiger partial charge is 0.435 e. The third-order valence-electron chi connectivity index (χ3n) is 9.29. The maximum absolute atomic E-state index is 6.29. The second-order valence-corrected chi connectivity index (χ2v) is 12.4. The molecule has 236 valence electrons. The van der Waals surface area contributed by atoms with Crippen molar-refractivity contribution in [1.82, 2.24) is 4.98 Å². The maximum Gasteiger partial charge on any atom is 0.227 e. The molecule has 0 spiro atoms. The number of hydrogen-bond acceptors (Lipinski definition) is 3. The van der Waals surface area contributed by atoms with Crippen LogP contribution in [0.2, 0.25) is 0 Å². The van der Waals surface area contributed by atoms with Crippen molar-refractivity contribution in [1.29, 1.82) is 0 Å². The van der Waals surface area contributed by atoms with Crippen molar-refractivity contribution in [3.63, 3.8) is 0 Å². The Morgan fingerprint density at radius 2 is 0.860 bits per heavy atom. The van der Waals surface area contributed by atoms with E-state index in [0.29, 0.717) is 5.89 Å². The molecule has 0 saturated carbocycles. The molecule has 1 aromatic heterocycles. The van der Waals surface area contributed by atoms with E-state index in [9.17, 15) is 0 Å². The molecule has 50 heavy (non-hydrogen) atoms. The average Bonchev–Trinajstić information content (AvgIpc) is 3.65. The third kappa shape index (κ3) is 5.61. The van der Waals surface area contributed by atoms with Gasteiger partial charge in [-0.2, -0.15) is 0 Å². The van der Waals surface area contributed by atoms with Gasteiger partial charge in [0, 0.05) is 28.0 Å². The minimum Gasteiger partial charge on any atom is -0.435 e. The number of nitrogens with zero attached hydrogens (tertiary/aromatic N) is 2. The molecule has 3 heteroatoms. The van der Waals surface area contributed by atoms with Crippen LogP contribution < -0.4 is 4.90 Å². The highest BCUT2D eigenvalue weighted by molar-refractivity contribution is 6.05. The predicted molar refractivity (Wildman–Crippen MR) is 208 cm³/mol. The molecule has 0 saturated heterocycles. The standard InChI is InChI=1S/C47H32N2O/c1-4-11-33(12-5-1)35-19-25-41(26-20-35)49(43-18-10-17-38(32-43)34-13-6-2-7-14-34)42-27-21-36(22-28-42)39-23-29-44-40(31-39)24-30-45-46(44)50-47(48-45)37-15-8-3-9-16-37/h1-32H. The maximum atomic E-state index is 6.29. The van der Waals surface area contributed by atoms with Gasteiger partial charge >= 0.3 is 0 Å². The minimum atomic E-state index is 0.640. The van der Waals surface area contributed by atoms with E-state index in [4.69, 9.17) is 9.40 Å². The lowest BCUT2D eigenvalue weighted by molar-refractivity contribution is 0.623. The summed E-state index contributed by atoms with van der Waals surface area (Å²) in [6.45, 7) is 0. The van der Waals surface area contributed by atoms with Crippen LogP contribution in [0.5, 0.6) is 0 Å². The molecule has 1 heterocycles. The van der Waals surface area contributed by atoms with Crippen LogP contribution in [0.1, 0.15) is 0 Å². The summed E-state index contributed by atoms with van der Waals surface area (Å²) >= 11 is 0. The highest BCUT2D eigenvalue weighted by Crippen LogP contribution is 2.39. The topological polar surface area (TPSA) is 29.3 Å². The zero-order chi connectivity index (χ0) is 33.3. The van der Waals surface area contributed by atoms with Crippen molar-refractivity contribution in [2.75, 3.05) is 4.90 Å². The van der Waals surface area contributed by atoms with Crippen LogP contribution in [-0.2, 0) is 0 Å². The van der Waals surface area contributed by atoms with E-state index < -0.39 is 0 Å². The molecule has 9 aromatic rings. The molecular formula is C47H32N2O. The van der Waals surface area contributed by atoms with E-state index in [1.807, 2.05) is 36.4 Å². The lowest BCUT2D eigenvalue weighted by Gasteiger charge is -2.26. The van der Waals surface area contributed by atoms with Gasteiger partial charge in [-0.1, -0.05) is 127 Å². The number of benzene rings is 8. The van der Waals surface area contributed by atoms with Crippen LogP contribution in [-0.4, -0.2) is 4.98 Å². The average molecular weight is 641 g/mol. The summed E-state index contributed by atoms with van der Waals surface area (Å²) in [6.07, 6.45) is 0. The van der Waals surface area contributed by atoms with Gasteiger partial charge < -0.3 is 9.32 Å². The summed E-state index contributed by atoms with van der Waals surface area (Å²) in [5.74, 6) is 0.640. The van der Waals surface area contributed by atoms with Crippen molar-refractivity contribution >= 4 is 38.9 Å². The Morgan fingerprint density at radius 3 is 1.50 bits per heavy atom. The van der Waals surface area contributed by atoms with Crippen LogP contribution >= 0.6 is 0 Å². The summed E-state index contributed by atoms with van der Waals surface area (Å²) in [7, 11) is 0. The molecule has 0 aliphatic carbocycles. The fourth-order valence-electron chi connectivity index (χ4n) is 6.74. The predicted octanol–water partition coefficient (Wildman–Crippen LogP) is 13.1. The fraction of sp³-hybridized carbons (Fsp3) is 0. The van der Waals surface area contributed by atoms with Gasteiger partial charge in [0.1, 0.15) is 5.52 Å². The third-order valence-corrected chi connectivity index (χ3v) is 9.29. The molecule has 0 N–H and O–H groups in total. The second-order valence-electron chi connectivity index (χ2n) is 12.4. The van der Waals surface area contributed by atoms with Gasteiger partial charge in [-0.3, -0.25) is 0 Å². The SMILES string of the molecule is c1ccc(-c2ccc(N(c3ccc(-c4ccc5c(ccc6nc(-c7ccccc7)oc65)c4)cc3)c3cccc(-c4ccccc4)c3)cc2)cc1. The van der Waals surface area contributed by atoms with Gasteiger partial charge in [0.15, 0.2) is 5.58 Å². The molecule has 8 aromatic carbocycles. The Balaban J connectivity index is 1.08. The molecule has 0 bridgehead atoms. The Hall–Kier alpha value is -6.71. The monoisotopic (exact) mass is 640 g/mol. The fourth-order valence-corrected chi connectivity index (χ4v) is 6.74. The molecule has 0 atom stereocenters. The highest BCUT2D eigenvalue weighted by Gasteiger charge is 2.15. The first-order valence-electron chi connectivity index (χ1n) is 16.9. The van der Waals surface area contributed by atoms with E-state index in [-0.39, 0.29) is 0 Å². The van der Waals surface area contributed by atoms with Gasteiger partial charge in [-0.15, -0.1) is 0 Å². The first-order chi connectivity index (χ1) is 24.8. The molecule has 0 aliphatic rings. The van der Waals surface area contributed by atoms with Gasteiger partial charge in [-0.05, 0) is 105 Å².